The molecule has 1 aromatic heterocycles. The lowest BCUT2D eigenvalue weighted by atomic mass is 10.2. The maximum Gasteiger partial charge on any atom is 0.131 e. The normalized spacial score (nSPS) is 14.6. The van der Waals surface area contributed by atoms with Crippen molar-refractivity contribution in [2.75, 3.05) is 7.11 Å². The Morgan fingerprint density at radius 2 is 1.96 bits per heavy atom. The van der Waals surface area contributed by atoms with Gasteiger partial charge in [0.25, 0.3) is 0 Å². The Balaban J connectivity index is 1.57. The van der Waals surface area contributed by atoms with Crippen LogP contribution in [0.4, 0.5) is 10.1 Å². The van der Waals surface area contributed by atoms with Crippen molar-refractivity contribution in [1.82, 2.24) is 4.98 Å². The molecule has 4 nitrogen and oxygen atoms in total. The van der Waals surface area contributed by atoms with E-state index in [2.05, 4.69) is 9.98 Å². The lowest BCUT2D eigenvalue weighted by molar-refractivity contribution is 0.415. The molecule has 1 heterocycles. The van der Waals surface area contributed by atoms with Crippen LogP contribution >= 0.6 is 11.3 Å². The van der Waals surface area contributed by atoms with Gasteiger partial charge in [-0.05, 0) is 67.1 Å². The maximum absolute atomic E-state index is 13.3. The summed E-state index contributed by atoms with van der Waals surface area (Å²) < 4.78 is 19.6. The van der Waals surface area contributed by atoms with Crippen LogP contribution in [0.15, 0.2) is 83.2 Å². The smallest absolute Gasteiger partial charge is 0.131 e. The number of nitrogens with zero attached hydrogens (tertiary/aromatic N) is 2. The number of halogens is 1. The van der Waals surface area contributed by atoms with Crippen LogP contribution in [0.2, 0.25) is 0 Å². The highest BCUT2D eigenvalue weighted by atomic mass is 32.1. The standard InChI is InChI=1S/C22H18FN3OS/c1-27-18-11-12-19-20(13-18)28-22(26-19)15-6-9-17(10-7-15)25-21(24)14-3-2-4-16(23)8-5-14/h3-13H,2H2,1H3,(H2,24,25). The monoisotopic (exact) mass is 391 g/mol. The second-order valence-corrected chi connectivity index (χ2v) is 7.24. The van der Waals surface area contributed by atoms with Crippen LogP contribution in [0.25, 0.3) is 20.8 Å². The minimum absolute atomic E-state index is 0.267. The van der Waals surface area contributed by atoms with Gasteiger partial charge in [0.05, 0.1) is 23.0 Å². The third kappa shape index (κ3) is 3.87. The maximum atomic E-state index is 13.3. The molecule has 140 valence electrons. The highest BCUT2D eigenvalue weighted by Crippen LogP contribution is 2.33. The second-order valence-electron chi connectivity index (χ2n) is 6.21. The number of aromatic nitrogens is 1. The minimum atomic E-state index is -0.267. The van der Waals surface area contributed by atoms with E-state index in [1.54, 1.807) is 24.5 Å². The van der Waals surface area contributed by atoms with E-state index in [9.17, 15) is 4.39 Å². The van der Waals surface area contributed by atoms with Gasteiger partial charge < -0.3 is 10.5 Å². The van der Waals surface area contributed by atoms with Crippen LogP contribution < -0.4 is 10.5 Å². The molecule has 0 bridgehead atoms. The van der Waals surface area contributed by atoms with E-state index in [0.717, 1.165) is 32.2 Å². The Hall–Kier alpha value is -3.25. The number of rotatable bonds is 4. The Morgan fingerprint density at radius 1 is 1.14 bits per heavy atom. The molecule has 0 radical (unpaired) electrons. The summed E-state index contributed by atoms with van der Waals surface area (Å²) in [5.74, 6) is 0.913. The third-order valence-electron chi connectivity index (χ3n) is 4.33. The van der Waals surface area contributed by atoms with E-state index in [4.69, 9.17) is 10.5 Å². The lowest BCUT2D eigenvalue weighted by Gasteiger charge is -2.02. The first-order valence-electron chi connectivity index (χ1n) is 8.76. The number of fused-ring (bicyclic) bond motifs is 1. The summed E-state index contributed by atoms with van der Waals surface area (Å²) in [6.07, 6.45) is 6.88. The number of nitrogens with two attached hydrogens (primary N) is 1. The van der Waals surface area contributed by atoms with Crippen molar-refractivity contribution in [1.29, 1.82) is 0 Å². The first kappa shape index (κ1) is 18.1. The number of allylic oxidation sites excluding steroid dienone is 4. The van der Waals surface area contributed by atoms with Gasteiger partial charge in [-0.15, -0.1) is 11.3 Å². The predicted octanol–water partition coefficient (Wildman–Crippen LogP) is 5.70. The third-order valence-corrected chi connectivity index (χ3v) is 5.40. The molecule has 0 amide bonds. The molecule has 0 saturated heterocycles. The van der Waals surface area contributed by atoms with E-state index >= 15 is 0 Å². The number of benzene rings is 2. The topological polar surface area (TPSA) is 60.5 Å². The largest absolute Gasteiger partial charge is 0.497 e. The fraction of sp³-hybridized carbons (Fsp3) is 0.0909. The van der Waals surface area contributed by atoms with Crippen LogP contribution in [0.3, 0.4) is 0 Å². The molecule has 1 aliphatic rings. The Morgan fingerprint density at radius 3 is 2.75 bits per heavy atom. The van der Waals surface area contributed by atoms with E-state index < -0.39 is 0 Å². The van der Waals surface area contributed by atoms with Crippen LogP contribution in [0.1, 0.15) is 6.42 Å². The van der Waals surface area contributed by atoms with Gasteiger partial charge in [0.15, 0.2) is 0 Å². The predicted molar refractivity (Wildman–Crippen MR) is 114 cm³/mol. The summed E-state index contributed by atoms with van der Waals surface area (Å²) >= 11 is 1.61. The summed E-state index contributed by atoms with van der Waals surface area (Å²) in [6.45, 7) is 0. The number of aliphatic imine (C=N–C) groups is 1. The van der Waals surface area contributed by atoms with Crippen molar-refractivity contribution < 1.29 is 9.13 Å². The molecule has 0 aliphatic heterocycles. The van der Waals surface area contributed by atoms with Gasteiger partial charge >= 0.3 is 0 Å². The Kier molecular flexibility index (Phi) is 5.04. The first-order valence-corrected chi connectivity index (χ1v) is 9.57. The zero-order chi connectivity index (χ0) is 19.5. The minimum Gasteiger partial charge on any atom is -0.497 e. The van der Waals surface area contributed by atoms with E-state index in [1.165, 1.54) is 12.2 Å². The number of amidine groups is 1. The summed E-state index contributed by atoms with van der Waals surface area (Å²) in [4.78, 5) is 9.13. The highest BCUT2D eigenvalue weighted by molar-refractivity contribution is 7.21. The number of thiazole rings is 1. The van der Waals surface area contributed by atoms with Crippen LogP contribution in [-0.4, -0.2) is 17.9 Å². The molecule has 0 saturated carbocycles. The molecule has 28 heavy (non-hydrogen) atoms. The van der Waals surface area contributed by atoms with E-state index in [-0.39, 0.29) is 5.83 Å². The molecule has 0 fully saturated rings. The molecule has 2 N–H and O–H groups in total. The van der Waals surface area contributed by atoms with E-state index in [1.807, 2.05) is 48.5 Å². The molecular weight excluding hydrogens is 373 g/mol. The quantitative estimate of drug-likeness (QED) is 0.458. The molecule has 6 heteroatoms. The fourth-order valence-corrected chi connectivity index (χ4v) is 3.83. The van der Waals surface area contributed by atoms with Crippen molar-refractivity contribution in [3.63, 3.8) is 0 Å². The van der Waals surface area contributed by atoms with Crippen molar-refractivity contribution in [2.45, 2.75) is 6.42 Å². The molecule has 0 spiro atoms. The van der Waals surface area contributed by atoms with Crippen molar-refractivity contribution in [2.24, 2.45) is 10.7 Å². The van der Waals surface area contributed by atoms with Crippen LogP contribution in [-0.2, 0) is 0 Å². The number of hydrogen-bond donors (Lipinski definition) is 1. The SMILES string of the molecule is COc1ccc2nc(-c3ccc(N=C(N)C4=CCC=C(F)C=C4)cc3)sc2c1. The first-order chi connectivity index (χ1) is 13.6. The molecule has 4 rings (SSSR count). The summed E-state index contributed by atoms with van der Waals surface area (Å²) in [7, 11) is 1.65. The van der Waals surface area contributed by atoms with Gasteiger partial charge in [-0.3, -0.25) is 0 Å². The number of methoxy groups -OCH3 is 1. The van der Waals surface area contributed by atoms with Gasteiger partial charge in [-0.25, -0.2) is 14.4 Å². The second kappa shape index (κ2) is 7.78. The van der Waals surface area contributed by atoms with Crippen molar-refractivity contribution in [3.8, 4) is 16.3 Å². The zero-order valence-electron chi connectivity index (χ0n) is 15.2. The van der Waals surface area contributed by atoms with Crippen molar-refractivity contribution >= 4 is 33.1 Å². The zero-order valence-corrected chi connectivity index (χ0v) is 16.0. The van der Waals surface area contributed by atoms with Gasteiger partial charge in [0.2, 0.25) is 0 Å². The number of ether oxygens (including phenoxy) is 1. The molecule has 0 atom stereocenters. The average Bonchev–Trinajstić information content (AvgIpc) is 3.01. The molecule has 2 aromatic carbocycles. The van der Waals surface area contributed by atoms with E-state index in [0.29, 0.717) is 17.8 Å². The van der Waals surface area contributed by atoms with Crippen LogP contribution in [0.5, 0.6) is 5.75 Å². The van der Waals surface area contributed by atoms with Gasteiger partial charge in [-0.2, -0.15) is 0 Å². The fourth-order valence-electron chi connectivity index (χ4n) is 2.83. The van der Waals surface area contributed by atoms with Crippen LogP contribution in [0, 0.1) is 0 Å². The average molecular weight is 391 g/mol. The molecular formula is C22H18FN3OS. The number of hydrogen-bond acceptors (Lipinski definition) is 4. The Labute approximate surface area is 166 Å². The highest BCUT2D eigenvalue weighted by Gasteiger charge is 2.08. The van der Waals surface area contributed by atoms with Gasteiger partial charge in [0, 0.05) is 11.1 Å². The molecule has 3 aromatic rings. The Bertz CT molecular complexity index is 1140. The summed E-state index contributed by atoms with van der Waals surface area (Å²) in [6, 6.07) is 13.6. The van der Waals surface area contributed by atoms with Gasteiger partial charge in [0.1, 0.15) is 22.4 Å². The summed E-state index contributed by atoms with van der Waals surface area (Å²) in [5.41, 5.74) is 9.49. The molecule has 1 aliphatic carbocycles. The summed E-state index contributed by atoms with van der Waals surface area (Å²) in [5, 5.41) is 0.933. The van der Waals surface area contributed by atoms with Crippen molar-refractivity contribution in [3.05, 3.63) is 78.2 Å². The lowest BCUT2D eigenvalue weighted by Crippen LogP contribution is -2.13. The van der Waals surface area contributed by atoms with Gasteiger partial charge in [-0.1, -0.05) is 6.08 Å². The molecule has 0 unspecified atom stereocenters.